The Morgan fingerprint density at radius 1 is 1.00 bits per heavy atom. The molecule has 0 aliphatic rings. The van der Waals surface area contributed by atoms with Crippen LogP contribution in [0.4, 0.5) is 0 Å². The predicted octanol–water partition coefficient (Wildman–Crippen LogP) is 1.99. The fourth-order valence-corrected chi connectivity index (χ4v) is 0. The second-order valence-electron chi connectivity index (χ2n) is 0.0452. The molecule has 0 atom stereocenters. The monoisotopic (exact) mass is 454 g/mol. The summed E-state index contributed by atoms with van der Waals surface area (Å²) in [5.41, 5.74) is 0. The summed E-state index contributed by atoms with van der Waals surface area (Å²) in [5, 5.41) is 0. The third kappa shape index (κ3) is 61.1. The smallest absolute Gasteiger partial charge is 0 e. The molecule has 3 nitrogen and oxygen atoms in total. The van der Waals surface area contributed by atoms with Gasteiger partial charge < -0.3 is 17.8 Å². The molecule has 49 valence electrons. The Hall–Kier alpha value is 2.34. The minimum Gasteiger partial charge on any atom is -0.693 e. The topological polar surface area (TPSA) is 98.5 Å². The molecule has 0 saturated heterocycles. The molecule has 0 amide bonds. The summed E-state index contributed by atoms with van der Waals surface area (Å²) in [4.78, 5) is 0. The molecule has 0 fully saturated rings. The first-order valence-corrected chi connectivity index (χ1v) is 5.87. The Bertz CT molecular complexity index is 15.7. The SMILES string of the molecule is O.[Cl][Pt+2][Cl].[La].[NH2-].[NH2-]. The maximum atomic E-state index is 4.88. The molecule has 0 aromatic carbocycles. The summed E-state index contributed by atoms with van der Waals surface area (Å²) in [5.74, 6) is 0. The number of halogens is 2. The van der Waals surface area contributed by atoms with Crippen LogP contribution >= 0.6 is 18.8 Å². The van der Waals surface area contributed by atoms with Gasteiger partial charge in [0.05, 0.1) is 0 Å². The maximum Gasteiger partial charge on any atom is 0 e. The molecule has 0 heterocycles. The van der Waals surface area contributed by atoms with E-state index in [1.54, 1.807) is 0 Å². The Labute approximate surface area is 87.4 Å². The van der Waals surface area contributed by atoms with E-state index in [-0.39, 0.29) is 53.4 Å². The zero-order valence-corrected chi connectivity index (χ0v) is 10.7. The van der Waals surface area contributed by atoms with Crippen molar-refractivity contribution in [3.05, 3.63) is 12.3 Å². The van der Waals surface area contributed by atoms with E-state index in [1.807, 2.05) is 0 Å². The minimum absolute atomic E-state index is 0. The first kappa shape index (κ1) is 34.5. The van der Waals surface area contributed by atoms with Gasteiger partial charge in [-0.1, -0.05) is 0 Å². The molecule has 0 spiro atoms. The zero-order chi connectivity index (χ0) is 2.71. The first-order valence-electron chi connectivity index (χ1n) is 0.239. The van der Waals surface area contributed by atoms with Crippen molar-refractivity contribution in [3.8, 4) is 0 Å². The molecule has 7 heteroatoms. The van der Waals surface area contributed by atoms with Crippen LogP contribution in [-0.4, -0.2) is 5.48 Å². The average Bonchev–Trinajstić information content (AvgIpc) is 0.918. The summed E-state index contributed by atoms with van der Waals surface area (Å²) in [6.07, 6.45) is 0. The summed E-state index contributed by atoms with van der Waals surface area (Å²) in [7, 11) is 9.75. The molecule has 0 aromatic heterocycles. The molecule has 0 aliphatic heterocycles. The molecule has 0 rings (SSSR count). The second kappa shape index (κ2) is 40.3. The van der Waals surface area contributed by atoms with Gasteiger partial charge in [-0.3, -0.25) is 0 Å². The first-order chi connectivity index (χ1) is 1.41. The Kier molecular flexibility index (Phi) is 198. The van der Waals surface area contributed by atoms with Crippen molar-refractivity contribution < 1.29 is 57.6 Å². The zero-order valence-electron chi connectivity index (χ0n) is 3.30. The van der Waals surface area contributed by atoms with Gasteiger partial charge in [0, 0.05) is 35.6 Å². The Balaban J connectivity index is -0.00000000333. The van der Waals surface area contributed by atoms with Crippen LogP contribution < -0.4 is 0 Å². The number of hydrogen-bond acceptors (Lipinski definition) is 0. The molecular weight excluding hydrogens is 449 g/mol. The molecule has 0 aromatic rings. The van der Waals surface area contributed by atoms with Crippen molar-refractivity contribution in [3.63, 3.8) is 0 Å². The van der Waals surface area contributed by atoms with Gasteiger partial charge in [-0.15, -0.1) is 0 Å². The van der Waals surface area contributed by atoms with Gasteiger partial charge in [0.1, 0.15) is 0 Å². The third-order valence-corrected chi connectivity index (χ3v) is 0. The summed E-state index contributed by atoms with van der Waals surface area (Å²) in [6.45, 7) is 0. The largest absolute Gasteiger partial charge is 0.693 e. The second-order valence-corrected chi connectivity index (χ2v) is 3.33. The van der Waals surface area contributed by atoms with Crippen LogP contribution in [-0.2, 0) is 16.5 Å². The van der Waals surface area contributed by atoms with Crippen LogP contribution in [0.15, 0.2) is 0 Å². The molecule has 0 bridgehead atoms. The molecular formula is H6Cl2LaN2OPt. The molecule has 0 aliphatic carbocycles. The maximum absolute atomic E-state index is 4.88. The number of rotatable bonds is 0. The van der Waals surface area contributed by atoms with Gasteiger partial charge in [0.2, 0.25) is 0 Å². The van der Waals surface area contributed by atoms with Crippen LogP contribution in [0.2, 0.25) is 0 Å². The fourth-order valence-electron chi connectivity index (χ4n) is 0. The quantitative estimate of drug-likeness (QED) is 0.534. The standard InChI is InChI=1S/2ClH.La.2H2N.H2O.Pt/h2*1H;;3*1H2;/q;;;2*-1;;+4/p-2. The van der Waals surface area contributed by atoms with Crippen LogP contribution in [0.1, 0.15) is 0 Å². The van der Waals surface area contributed by atoms with Crippen molar-refractivity contribution in [2.75, 3.05) is 0 Å². The van der Waals surface area contributed by atoms with E-state index in [2.05, 4.69) is 0 Å². The van der Waals surface area contributed by atoms with Crippen molar-refractivity contribution in [1.82, 2.24) is 0 Å². The number of hydrogen-bond donors (Lipinski definition) is 0. The van der Waals surface area contributed by atoms with Crippen molar-refractivity contribution in [1.29, 1.82) is 0 Å². The van der Waals surface area contributed by atoms with Crippen molar-refractivity contribution in [2.45, 2.75) is 0 Å². The van der Waals surface area contributed by atoms with Crippen LogP contribution in [0.3, 0.4) is 0 Å². The van der Waals surface area contributed by atoms with Crippen LogP contribution in [0, 0.1) is 35.6 Å². The normalized spacial score (nSPS) is 3.14. The molecule has 0 unspecified atom stereocenters. The van der Waals surface area contributed by atoms with Gasteiger partial charge in [-0.05, 0) is 0 Å². The molecule has 7 heavy (non-hydrogen) atoms. The minimum atomic E-state index is -0.472. The van der Waals surface area contributed by atoms with E-state index in [1.165, 1.54) is 0 Å². The van der Waals surface area contributed by atoms with Gasteiger partial charge in [-0.2, -0.15) is 0 Å². The van der Waals surface area contributed by atoms with E-state index in [9.17, 15) is 0 Å². The summed E-state index contributed by atoms with van der Waals surface area (Å²) < 4.78 is 0. The van der Waals surface area contributed by atoms with Crippen molar-refractivity contribution >= 4 is 18.8 Å². The van der Waals surface area contributed by atoms with Gasteiger partial charge in [0.25, 0.3) is 0 Å². The fraction of sp³-hybridized carbons (Fsp3) is 0. The third-order valence-electron chi connectivity index (χ3n) is 0. The average molecular weight is 455 g/mol. The van der Waals surface area contributed by atoms with E-state index >= 15 is 0 Å². The molecule has 0 saturated carbocycles. The van der Waals surface area contributed by atoms with E-state index in [0.717, 1.165) is 0 Å². The molecule has 1 radical (unpaired) electrons. The van der Waals surface area contributed by atoms with Gasteiger partial charge >= 0.3 is 35.3 Å². The van der Waals surface area contributed by atoms with Crippen molar-refractivity contribution in [2.24, 2.45) is 0 Å². The Morgan fingerprint density at radius 2 is 1.00 bits per heavy atom. The van der Waals surface area contributed by atoms with Crippen LogP contribution in [0.25, 0.3) is 12.3 Å². The van der Waals surface area contributed by atoms with Gasteiger partial charge in [0.15, 0.2) is 0 Å². The summed E-state index contributed by atoms with van der Waals surface area (Å²) >= 11 is -0.472. The number of nitrogens with two attached hydrogens (primary N) is 2. The van der Waals surface area contributed by atoms with Crippen LogP contribution in [0.5, 0.6) is 0 Å². The molecule has 6 N–H and O–H groups in total. The van der Waals surface area contributed by atoms with E-state index in [4.69, 9.17) is 18.8 Å². The van der Waals surface area contributed by atoms with Gasteiger partial charge in [-0.25, -0.2) is 0 Å². The summed E-state index contributed by atoms with van der Waals surface area (Å²) in [6, 6.07) is 0. The Morgan fingerprint density at radius 3 is 1.00 bits per heavy atom. The van der Waals surface area contributed by atoms with E-state index in [0.29, 0.717) is 0 Å². The predicted molar refractivity (Wildman–Crippen MR) is 25.9 cm³/mol. The van der Waals surface area contributed by atoms with E-state index < -0.39 is 16.5 Å².